The van der Waals surface area contributed by atoms with Crippen LogP contribution < -0.4 is 10.6 Å². The average Bonchev–Trinajstić information content (AvgIpc) is 2.58. The van der Waals surface area contributed by atoms with Crippen LogP contribution in [0, 0.1) is 5.41 Å². The van der Waals surface area contributed by atoms with Crippen LogP contribution in [-0.2, 0) is 11.2 Å². The Labute approximate surface area is 128 Å². The molecule has 1 unspecified atom stereocenters. The summed E-state index contributed by atoms with van der Waals surface area (Å²) < 4.78 is 0. The minimum absolute atomic E-state index is 0.137. The van der Waals surface area contributed by atoms with Gasteiger partial charge in [-0.15, -0.1) is 0 Å². The van der Waals surface area contributed by atoms with E-state index in [1.807, 2.05) is 0 Å². The molecule has 116 valence electrons. The predicted octanol–water partition coefficient (Wildman–Crippen LogP) is 4.05. The molecule has 0 fully saturated rings. The first-order chi connectivity index (χ1) is 9.91. The number of rotatable bonds is 4. The molecule has 0 aliphatic carbocycles. The quantitative estimate of drug-likeness (QED) is 0.877. The van der Waals surface area contributed by atoms with Crippen molar-refractivity contribution < 1.29 is 4.79 Å². The second-order valence-corrected chi connectivity index (χ2v) is 7.07. The topological polar surface area (TPSA) is 41.1 Å². The third-order valence-corrected chi connectivity index (χ3v) is 4.05. The molecule has 3 heteroatoms. The Morgan fingerprint density at radius 1 is 1.29 bits per heavy atom. The summed E-state index contributed by atoms with van der Waals surface area (Å²) in [7, 11) is 0. The molecule has 0 saturated carbocycles. The summed E-state index contributed by atoms with van der Waals surface area (Å²) in [6.07, 6.45) is 3.67. The minimum Gasteiger partial charge on any atom is -0.326 e. The zero-order valence-electron chi connectivity index (χ0n) is 13.8. The third-order valence-electron chi connectivity index (χ3n) is 4.05. The fourth-order valence-corrected chi connectivity index (χ4v) is 2.99. The van der Waals surface area contributed by atoms with Gasteiger partial charge in [0.15, 0.2) is 0 Å². The van der Waals surface area contributed by atoms with Crippen LogP contribution in [0.1, 0.15) is 64.1 Å². The molecule has 0 bridgehead atoms. The van der Waals surface area contributed by atoms with Gasteiger partial charge < -0.3 is 10.6 Å². The maximum Gasteiger partial charge on any atom is 0.224 e. The van der Waals surface area contributed by atoms with E-state index < -0.39 is 0 Å². The molecule has 1 atom stereocenters. The van der Waals surface area contributed by atoms with E-state index in [1.54, 1.807) is 0 Å². The lowest BCUT2D eigenvalue weighted by molar-refractivity contribution is -0.116. The number of nitrogens with one attached hydrogen (secondary N) is 2. The summed E-state index contributed by atoms with van der Waals surface area (Å²) in [5.41, 5.74) is 3.75. The van der Waals surface area contributed by atoms with E-state index in [0.29, 0.717) is 12.5 Å². The van der Waals surface area contributed by atoms with Crippen molar-refractivity contribution >= 4 is 11.6 Å². The lowest BCUT2D eigenvalue weighted by Crippen LogP contribution is -2.33. The molecule has 1 aliphatic heterocycles. The van der Waals surface area contributed by atoms with Gasteiger partial charge in [-0.1, -0.05) is 39.8 Å². The molecule has 2 rings (SSSR count). The average molecular weight is 288 g/mol. The van der Waals surface area contributed by atoms with Gasteiger partial charge in [-0.25, -0.2) is 0 Å². The van der Waals surface area contributed by atoms with Crippen molar-refractivity contribution in [1.82, 2.24) is 5.32 Å². The van der Waals surface area contributed by atoms with Gasteiger partial charge >= 0.3 is 0 Å². The molecule has 1 aromatic carbocycles. The van der Waals surface area contributed by atoms with Crippen LogP contribution >= 0.6 is 0 Å². The van der Waals surface area contributed by atoms with Gasteiger partial charge in [-0.2, -0.15) is 0 Å². The number of hydrogen-bond acceptors (Lipinski definition) is 2. The fourth-order valence-electron chi connectivity index (χ4n) is 2.99. The Balaban J connectivity index is 2.30. The summed E-state index contributed by atoms with van der Waals surface area (Å²) >= 11 is 0. The van der Waals surface area contributed by atoms with Crippen LogP contribution in [0.25, 0.3) is 0 Å². The molecule has 1 aromatic rings. The molecule has 0 radical (unpaired) electrons. The maximum absolute atomic E-state index is 11.6. The second kappa shape index (κ2) is 6.61. The van der Waals surface area contributed by atoms with E-state index in [4.69, 9.17) is 0 Å². The van der Waals surface area contributed by atoms with E-state index in [9.17, 15) is 4.79 Å². The van der Waals surface area contributed by atoms with Gasteiger partial charge in [0.2, 0.25) is 5.91 Å². The van der Waals surface area contributed by atoms with E-state index in [2.05, 4.69) is 56.5 Å². The lowest BCUT2D eigenvalue weighted by atomic mass is 9.81. The molecule has 1 aliphatic rings. The minimum atomic E-state index is 0.137. The molecule has 1 heterocycles. The molecule has 2 N–H and O–H groups in total. The number of aryl methyl sites for hydroxylation is 1. The predicted molar refractivity (Wildman–Crippen MR) is 88.5 cm³/mol. The third kappa shape index (κ3) is 4.07. The molecule has 0 aromatic heterocycles. The van der Waals surface area contributed by atoms with Crippen LogP contribution in [0.5, 0.6) is 0 Å². The molecular formula is C18H28N2O. The van der Waals surface area contributed by atoms with E-state index in [-0.39, 0.29) is 11.3 Å². The Hall–Kier alpha value is -1.35. The van der Waals surface area contributed by atoms with Gasteiger partial charge in [-0.3, -0.25) is 4.79 Å². The zero-order valence-corrected chi connectivity index (χ0v) is 13.8. The Morgan fingerprint density at radius 2 is 2.05 bits per heavy atom. The molecule has 0 spiro atoms. The summed E-state index contributed by atoms with van der Waals surface area (Å²) in [6, 6.07) is 6.84. The van der Waals surface area contributed by atoms with Crippen molar-refractivity contribution in [3.63, 3.8) is 0 Å². The molecule has 1 amide bonds. The summed E-state index contributed by atoms with van der Waals surface area (Å²) in [5, 5.41) is 6.68. The maximum atomic E-state index is 11.6. The molecule has 0 saturated heterocycles. The lowest BCUT2D eigenvalue weighted by Gasteiger charge is -2.32. The number of carbonyl (C=O) groups is 1. The Kier molecular flexibility index (Phi) is 5.04. The van der Waals surface area contributed by atoms with Crippen molar-refractivity contribution in [2.24, 2.45) is 5.41 Å². The second-order valence-electron chi connectivity index (χ2n) is 7.07. The number of benzene rings is 1. The van der Waals surface area contributed by atoms with Crippen LogP contribution in [0.2, 0.25) is 0 Å². The zero-order chi connectivity index (χ0) is 15.5. The van der Waals surface area contributed by atoms with E-state index in [0.717, 1.165) is 31.5 Å². The van der Waals surface area contributed by atoms with Crippen LogP contribution in [0.4, 0.5) is 5.69 Å². The number of anilines is 1. The fraction of sp³-hybridized carbons (Fsp3) is 0.611. The monoisotopic (exact) mass is 288 g/mol. The summed E-state index contributed by atoms with van der Waals surface area (Å²) in [6.45, 7) is 10.0. The smallest absolute Gasteiger partial charge is 0.224 e. The van der Waals surface area contributed by atoms with Crippen LogP contribution in [0.15, 0.2) is 18.2 Å². The SMILES string of the molecule is CCCNC(c1ccc2c(c1)CCCC(=O)N2)C(C)(C)C. The standard InChI is InChI=1S/C18H28N2O/c1-5-11-19-17(18(2,3)4)14-9-10-15-13(12-14)7-6-8-16(21)20-15/h9-10,12,17,19H,5-8,11H2,1-4H3,(H,20,21). The first kappa shape index (κ1) is 16.0. The summed E-state index contributed by atoms with van der Waals surface area (Å²) in [4.78, 5) is 11.6. The molecular weight excluding hydrogens is 260 g/mol. The van der Waals surface area contributed by atoms with Crippen molar-refractivity contribution in [2.45, 2.75) is 59.4 Å². The van der Waals surface area contributed by atoms with Gasteiger partial charge in [-0.05, 0) is 48.4 Å². The van der Waals surface area contributed by atoms with Crippen molar-refractivity contribution in [3.8, 4) is 0 Å². The highest BCUT2D eigenvalue weighted by Crippen LogP contribution is 2.35. The number of fused-ring (bicyclic) bond motifs is 1. The van der Waals surface area contributed by atoms with Gasteiger partial charge in [0.25, 0.3) is 0 Å². The highest BCUT2D eigenvalue weighted by atomic mass is 16.1. The summed E-state index contributed by atoms with van der Waals surface area (Å²) in [5.74, 6) is 0.137. The number of amides is 1. The van der Waals surface area contributed by atoms with Crippen LogP contribution in [0.3, 0.4) is 0 Å². The first-order valence-electron chi connectivity index (χ1n) is 8.08. The number of carbonyl (C=O) groups excluding carboxylic acids is 1. The Bertz CT molecular complexity index is 502. The van der Waals surface area contributed by atoms with Gasteiger partial charge in [0, 0.05) is 18.2 Å². The largest absolute Gasteiger partial charge is 0.326 e. The van der Waals surface area contributed by atoms with E-state index in [1.165, 1.54) is 11.1 Å². The normalized spacial score (nSPS) is 16.9. The molecule has 21 heavy (non-hydrogen) atoms. The first-order valence-corrected chi connectivity index (χ1v) is 8.08. The van der Waals surface area contributed by atoms with E-state index >= 15 is 0 Å². The number of hydrogen-bond donors (Lipinski definition) is 2. The van der Waals surface area contributed by atoms with Crippen LogP contribution in [-0.4, -0.2) is 12.5 Å². The molecule has 3 nitrogen and oxygen atoms in total. The van der Waals surface area contributed by atoms with Gasteiger partial charge in [0.1, 0.15) is 0 Å². The highest BCUT2D eigenvalue weighted by Gasteiger charge is 2.26. The van der Waals surface area contributed by atoms with Gasteiger partial charge in [0.05, 0.1) is 0 Å². The van der Waals surface area contributed by atoms with Crippen molar-refractivity contribution in [1.29, 1.82) is 0 Å². The van der Waals surface area contributed by atoms with Crippen molar-refractivity contribution in [2.75, 3.05) is 11.9 Å². The van der Waals surface area contributed by atoms with Crippen molar-refractivity contribution in [3.05, 3.63) is 29.3 Å². The highest BCUT2D eigenvalue weighted by molar-refractivity contribution is 5.92. The Morgan fingerprint density at radius 3 is 2.71 bits per heavy atom.